The van der Waals surface area contributed by atoms with Crippen LogP contribution in [0.25, 0.3) is 0 Å². The Morgan fingerprint density at radius 2 is 2.06 bits per heavy atom. The number of nitrogens with zero attached hydrogens (tertiary/aromatic N) is 1. The molecule has 2 fully saturated rings. The summed E-state index contributed by atoms with van der Waals surface area (Å²) < 4.78 is 5.54. The van der Waals surface area contributed by atoms with Gasteiger partial charge in [-0.05, 0) is 25.8 Å². The molecule has 0 radical (unpaired) electrons. The predicted molar refractivity (Wildman–Crippen MR) is 71.0 cm³/mol. The van der Waals surface area contributed by atoms with Gasteiger partial charge in [0.2, 0.25) is 0 Å². The van der Waals surface area contributed by atoms with Crippen molar-refractivity contribution in [3.63, 3.8) is 0 Å². The van der Waals surface area contributed by atoms with Crippen LogP contribution in [0.2, 0.25) is 0 Å². The molecule has 3 heteroatoms. The topological polar surface area (TPSA) is 38.5 Å². The van der Waals surface area contributed by atoms with Crippen LogP contribution >= 0.6 is 0 Å². The lowest BCUT2D eigenvalue weighted by Gasteiger charge is -2.41. The zero-order valence-electron chi connectivity index (χ0n) is 11.6. The van der Waals surface area contributed by atoms with E-state index in [-0.39, 0.29) is 11.5 Å². The normalized spacial score (nSPS) is 43.2. The van der Waals surface area contributed by atoms with Crippen LogP contribution in [0.1, 0.15) is 39.5 Å². The Kier molecular flexibility index (Phi) is 4.11. The van der Waals surface area contributed by atoms with E-state index in [1.165, 1.54) is 25.7 Å². The molecule has 4 atom stereocenters. The third-order valence-corrected chi connectivity index (χ3v) is 4.87. The summed E-state index contributed by atoms with van der Waals surface area (Å²) in [4.78, 5) is 2.54. The van der Waals surface area contributed by atoms with Crippen LogP contribution in [0, 0.1) is 11.3 Å². The van der Waals surface area contributed by atoms with Gasteiger partial charge in [-0.3, -0.25) is 0 Å². The Hall–Kier alpha value is -0.120. The fourth-order valence-electron chi connectivity index (χ4n) is 3.53. The second-order valence-electron chi connectivity index (χ2n) is 6.52. The summed E-state index contributed by atoms with van der Waals surface area (Å²) in [6, 6.07) is 0.942. The molecular weight excluding hydrogens is 212 g/mol. The molecule has 1 aliphatic heterocycles. The highest BCUT2D eigenvalue weighted by molar-refractivity contribution is 4.93. The van der Waals surface area contributed by atoms with Gasteiger partial charge in [-0.1, -0.05) is 26.7 Å². The summed E-state index contributed by atoms with van der Waals surface area (Å²) in [6.07, 6.45) is 5.53. The molecule has 3 nitrogen and oxygen atoms in total. The lowest BCUT2D eigenvalue weighted by atomic mass is 9.81. The van der Waals surface area contributed by atoms with Crippen molar-refractivity contribution in [1.29, 1.82) is 0 Å². The molecule has 0 aromatic carbocycles. The molecule has 0 spiro atoms. The van der Waals surface area contributed by atoms with Crippen molar-refractivity contribution in [3.8, 4) is 0 Å². The Labute approximate surface area is 106 Å². The highest BCUT2D eigenvalue weighted by atomic mass is 16.5. The highest BCUT2D eigenvalue weighted by Gasteiger charge is 2.40. The summed E-state index contributed by atoms with van der Waals surface area (Å²) in [7, 11) is 2.27. The van der Waals surface area contributed by atoms with Gasteiger partial charge in [-0.25, -0.2) is 0 Å². The maximum absolute atomic E-state index is 6.17. The van der Waals surface area contributed by atoms with Gasteiger partial charge in [0.05, 0.1) is 13.2 Å². The summed E-state index contributed by atoms with van der Waals surface area (Å²) in [5, 5.41) is 0. The minimum atomic E-state index is 0.145. The van der Waals surface area contributed by atoms with E-state index in [0.29, 0.717) is 0 Å². The van der Waals surface area contributed by atoms with E-state index in [0.717, 1.165) is 31.7 Å². The van der Waals surface area contributed by atoms with E-state index < -0.39 is 0 Å². The lowest BCUT2D eigenvalue weighted by molar-refractivity contribution is 0.0755. The molecule has 100 valence electrons. The first-order chi connectivity index (χ1) is 8.03. The lowest BCUT2D eigenvalue weighted by Crippen LogP contribution is -2.50. The third-order valence-electron chi connectivity index (χ3n) is 4.87. The van der Waals surface area contributed by atoms with Gasteiger partial charge >= 0.3 is 0 Å². The highest BCUT2D eigenvalue weighted by Crippen LogP contribution is 2.32. The Morgan fingerprint density at radius 1 is 1.35 bits per heavy atom. The van der Waals surface area contributed by atoms with E-state index in [1.54, 1.807) is 0 Å². The van der Waals surface area contributed by atoms with E-state index >= 15 is 0 Å². The third kappa shape index (κ3) is 2.83. The number of rotatable bonds is 3. The molecule has 0 aromatic heterocycles. The zero-order chi connectivity index (χ0) is 12.5. The van der Waals surface area contributed by atoms with Crippen LogP contribution in [-0.4, -0.2) is 43.8 Å². The second-order valence-corrected chi connectivity index (χ2v) is 6.52. The molecule has 2 aliphatic rings. The molecule has 2 N–H and O–H groups in total. The standard InChI is InChI=1S/C14H28N2O/c1-11-6-4-5-7-12(11)16(3)9-14(2)10-17-8-13(14)15/h11-13H,4-10,15H2,1-3H3. The maximum Gasteiger partial charge on any atom is 0.0624 e. The molecule has 2 rings (SSSR count). The van der Waals surface area contributed by atoms with Gasteiger partial charge in [0.25, 0.3) is 0 Å². The quantitative estimate of drug-likeness (QED) is 0.818. The van der Waals surface area contributed by atoms with Gasteiger partial charge in [0.1, 0.15) is 0 Å². The van der Waals surface area contributed by atoms with Crippen molar-refractivity contribution in [1.82, 2.24) is 4.90 Å². The molecule has 0 aromatic rings. The van der Waals surface area contributed by atoms with Gasteiger partial charge < -0.3 is 15.4 Å². The largest absolute Gasteiger partial charge is 0.379 e. The number of hydrogen-bond donors (Lipinski definition) is 1. The van der Waals surface area contributed by atoms with Gasteiger partial charge in [0.15, 0.2) is 0 Å². The SMILES string of the molecule is CC1CCCCC1N(C)CC1(C)COCC1N. The minimum absolute atomic E-state index is 0.145. The molecule has 0 bridgehead atoms. The smallest absolute Gasteiger partial charge is 0.0624 e. The molecule has 0 amide bonds. The van der Waals surface area contributed by atoms with E-state index in [4.69, 9.17) is 10.5 Å². The second kappa shape index (κ2) is 5.25. The van der Waals surface area contributed by atoms with E-state index in [1.807, 2.05) is 0 Å². The van der Waals surface area contributed by atoms with Gasteiger partial charge in [-0.15, -0.1) is 0 Å². The number of ether oxygens (including phenoxy) is 1. The number of nitrogens with two attached hydrogens (primary N) is 1. The fraction of sp³-hybridized carbons (Fsp3) is 1.00. The van der Waals surface area contributed by atoms with Crippen LogP contribution in [0.4, 0.5) is 0 Å². The Morgan fingerprint density at radius 3 is 2.65 bits per heavy atom. The van der Waals surface area contributed by atoms with Crippen molar-refractivity contribution < 1.29 is 4.74 Å². The molecule has 1 saturated carbocycles. The summed E-state index contributed by atoms with van der Waals surface area (Å²) in [5.74, 6) is 0.830. The summed E-state index contributed by atoms with van der Waals surface area (Å²) in [6.45, 7) is 7.29. The average molecular weight is 240 g/mol. The molecule has 1 aliphatic carbocycles. The average Bonchev–Trinajstić information content (AvgIpc) is 2.59. The summed E-state index contributed by atoms with van der Waals surface area (Å²) in [5.41, 5.74) is 6.32. The first-order valence-corrected chi connectivity index (χ1v) is 7.06. The van der Waals surface area contributed by atoms with Gasteiger partial charge in [0, 0.05) is 24.0 Å². The monoisotopic (exact) mass is 240 g/mol. The maximum atomic E-state index is 6.17. The van der Waals surface area contributed by atoms with Crippen molar-refractivity contribution in [2.24, 2.45) is 17.1 Å². The molecular formula is C14H28N2O. The van der Waals surface area contributed by atoms with E-state index in [9.17, 15) is 0 Å². The zero-order valence-corrected chi connectivity index (χ0v) is 11.6. The van der Waals surface area contributed by atoms with Crippen LogP contribution in [-0.2, 0) is 4.74 Å². The summed E-state index contributed by atoms with van der Waals surface area (Å²) >= 11 is 0. The molecule has 17 heavy (non-hydrogen) atoms. The number of hydrogen-bond acceptors (Lipinski definition) is 3. The molecule has 1 heterocycles. The van der Waals surface area contributed by atoms with Crippen molar-refractivity contribution >= 4 is 0 Å². The van der Waals surface area contributed by atoms with Crippen LogP contribution in [0.3, 0.4) is 0 Å². The van der Waals surface area contributed by atoms with Crippen LogP contribution in [0.5, 0.6) is 0 Å². The van der Waals surface area contributed by atoms with E-state index in [2.05, 4.69) is 25.8 Å². The minimum Gasteiger partial charge on any atom is -0.379 e. The Balaban J connectivity index is 1.93. The first kappa shape index (κ1) is 13.3. The van der Waals surface area contributed by atoms with Crippen molar-refractivity contribution in [3.05, 3.63) is 0 Å². The first-order valence-electron chi connectivity index (χ1n) is 7.06. The molecule has 1 saturated heterocycles. The van der Waals surface area contributed by atoms with Gasteiger partial charge in [-0.2, -0.15) is 0 Å². The Bertz CT molecular complexity index is 259. The predicted octanol–water partition coefficient (Wildman–Crippen LogP) is 1.86. The van der Waals surface area contributed by atoms with Crippen LogP contribution < -0.4 is 5.73 Å². The fourth-order valence-corrected chi connectivity index (χ4v) is 3.53. The van der Waals surface area contributed by atoms with Crippen LogP contribution in [0.15, 0.2) is 0 Å². The van der Waals surface area contributed by atoms with Crippen molar-refractivity contribution in [2.45, 2.75) is 51.6 Å². The molecule has 4 unspecified atom stereocenters. The van der Waals surface area contributed by atoms with Crippen molar-refractivity contribution in [2.75, 3.05) is 26.8 Å².